The fraction of sp³-hybridized carbons (Fsp3) is 0.500. The largest absolute Gasteiger partial charge is 0.504 e. The van der Waals surface area contributed by atoms with Crippen LogP contribution in [0.4, 0.5) is 5.69 Å². The van der Waals surface area contributed by atoms with Crippen LogP contribution in [-0.4, -0.2) is 36.8 Å². The quantitative estimate of drug-likeness (QED) is 0.506. The number of pyridine rings is 1. The fourth-order valence-corrected chi connectivity index (χ4v) is 6.46. The number of hydrogen-bond donors (Lipinski definition) is 4. The van der Waals surface area contributed by atoms with E-state index in [1.54, 1.807) is 6.07 Å². The predicted molar refractivity (Wildman–Crippen MR) is 122 cm³/mol. The summed E-state index contributed by atoms with van der Waals surface area (Å²) in [5.41, 5.74) is 3.96. The first-order valence-electron chi connectivity index (χ1n) is 10.2. The Bertz CT molecular complexity index is 963. The summed E-state index contributed by atoms with van der Waals surface area (Å²) >= 11 is 0. The average Bonchev–Trinajstić information content (AvgIpc) is 2.68. The Labute approximate surface area is 179 Å². The molecule has 1 saturated heterocycles. The number of rotatable bonds is 6. The van der Waals surface area contributed by atoms with E-state index in [4.69, 9.17) is 4.74 Å². The molecule has 0 amide bonds. The number of nitrogens with one attached hydrogen (secondary N) is 3. The predicted octanol–water partition coefficient (Wildman–Crippen LogP) is 4.29. The normalized spacial score (nSPS) is 18.6. The van der Waals surface area contributed by atoms with Crippen molar-refractivity contribution in [3.05, 3.63) is 46.8 Å². The van der Waals surface area contributed by atoms with Crippen molar-refractivity contribution in [2.45, 2.75) is 40.3 Å². The highest BCUT2D eigenvalue weighted by atomic mass is 31.2. The summed E-state index contributed by atoms with van der Waals surface area (Å²) in [6.45, 7) is 11.8. The number of hydrogen-bond acceptors (Lipinski definition) is 5. The van der Waals surface area contributed by atoms with Gasteiger partial charge in [-0.2, -0.15) is 0 Å². The molecule has 2 aromatic rings. The van der Waals surface area contributed by atoms with Gasteiger partial charge in [-0.3, -0.25) is 19.7 Å². The standard InChI is InChI=1S/C22H33N4O3P/c1-14-9-17(10-19(29-6)21(14)27)20(30(28)24-12-22(4,5)13-25-30)11-23-18-8-7-15(2)26-16(18)3/h7-10,20,23,27H,11-13H2,1-6H3,(H2,24,25,28). The van der Waals surface area contributed by atoms with Gasteiger partial charge in [0, 0.05) is 25.3 Å². The van der Waals surface area contributed by atoms with Gasteiger partial charge in [0.2, 0.25) is 7.44 Å². The fourth-order valence-electron chi connectivity index (χ4n) is 3.66. The topological polar surface area (TPSA) is 95.5 Å². The molecule has 1 aromatic heterocycles. The molecule has 4 N–H and O–H groups in total. The summed E-state index contributed by atoms with van der Waals surface area (Å²) in [6.07, 6.45) is 0. The second-order valence-electron chi connectivity index (χ2n) is 8.86. The van der Waals surface area contributed by atoms with Crippen molar-refractivity contribution in [1.82, 2.24) is 15.2 Å². The highest BCUT2D eigenvalue weighted by molar-refractivity contribution is 7.60. The van der Waals surface area contributed by atoms with Crippen LogP contribution in [-0.2, 0) is 4.57 Å². The van der Waals surface area contributed by atoms with Crippen molar-refractivity contribution in [1.29, 1.82) is 0 Å². The summed E-state index contributed by atoms with van der Waals surface area (Å²) in [5, 5.41) is 20.3. The Morgan fingerprint density at radius 1 is 1.23 bits per heavy atom. The Balaban J connectivity index is 1.97. The van der Waals surface area contributed by atoms with Crippen LogP contribution < -0.4 is 20.2 Å². The van der Waals surface area contributed by atoms with Gasteiger partial charge in [-0.15, -0.1) is 0 Å². The minimum atomic E-state index is -2.97. The van der Waals surface area contributed by atoms with Crippen molar-refractivity contribution < 1.29 is 14.4 Å². The smallest absolute Gasteiger partial charge is 0.220 e. The first-order valence-corrected chi connectivity index (χ1v) is 12.0. The number of aryl methyl sites for hydroxylation is 3. The van der Waals surface area contributed by atoms with Crippen LogP contribution >= 0.6 is 7.44 Å². The average molecular weight is 433 g/mol. The van der Waals surface area contributed by atoms with Crippen molar-refractivity contribution >= 4 is 13.1 Å². The first kappa shape index (κ1) is 22.6. The summed E-state index contributed by atoms with van der Waals surface area (Å²) < 4.78 is 19.4. The van der Waals surface area contributed by atoms with Gasteiger partial charge in [-0.1, -0.05) is 19.9 Å². The number of methoxy groups -OCH3 is 1. The lowest BCUT2D eigenvalue weighted by Gasteiger charge is -2.40. The molecule has 0 aliphatic carbocycles. The van der Waals surface area contributed by atoms with Gasteiger partial charge in [0.15, 0.2) is 11.5 Å². The molecule has 0 saturated carbocycles. The highest BCUT2D eigenvalue weighted by Gasteiger charge is 2.40. The second kappa shape index (κ2) is 8.58. The zero-order valence-corrected chi connectivity index (χ0v) is 19.6. The van der Waals surface area contributed by atoms with Crippen LogP contribution in [0.1, 0.15) is 42.0 Å². The van der Waals surface area contributed by atoms with E-state index >= 15 is 0 Å². The number of ether oxygens (including phenoxy) is 1. The molecule has 8 heteroatoms. The molecule has 1 aromatic carbocycles. The van der Waals surface area contributed by atoms with Crippen LogP contribution in [0.25, 0.3) is 0 Å². The minimum Gasteiger partial charge on any atom is -0.504 e. The monoisotopic (exact) mass is 432 g/mol. The molecule has 1 aliphatic heterocycles. The lowest BCUT2D eigenvalue weighted by Crippen LogP contribution is -2.46. The molecule has 1 atom stereocenters. The van der Waals surface area contributed by atoms with Gasteiger partial charge in [-0.05, 0) is 55.5 Å². The van der Waals surface area contributed by atoms with E-state index in [1.165, 1.54) is 7.11 Å². The molecule has 3 rings (SSSR count). The van der Waals surface area contributed by atoms with Gasteiger partial charge < -0.3 is 15.2 Å². The van der Waals surface area contributed by atoms with Crippen LogP contribution in [0.15, 0.2) is 24.3 Å². The van der Waals surface area contributed by atoms with Crippen LogP contribution in [0.2, 0.25) is 0 Å². The molecule has 0 radical (unpaired) electrons. The van der Waals surface area contributed by atoms with E-state index in [9.17, 15) is 9.67 Å². The number of anilines is 1. The lowest BCUT2D eigenvalue weighted by molar-refractivity contribution is 0.335. The van der Waals surface area contributed by atoms with Crippen molar-refractivity contribution in [2.24, 2.45) is 5.41 Å². The molecule has 30 heavy (non-hydrogen) atoms. The number of phenols is 1. The second-order valence-corrected chi connectivity index (χ2v) is 11.4. The van der Waals surface area contributed by atoms with Crippen molar-refractivity contribution in [3.8, 4) is 11.5 Å². The summed E-state index contributed by atoms with van der Waals surface area (Å²) in [4.78, 5) is 4.51. The minimum absolute atomic E-state index is 0.0198. The molecule has 164 valence electrons. The van der Waals surface area contributed by atoms with Crippen LogP contribution in [0.3, 0.4) is 0 Å². The molecule has 1 fully saturated rings. The van der Waals surface area contributed by atoms with Crippen molar-refractivity contribution in [2.75, 3.05) is 32.1 Å². The Kier molecular flexibility index (Phi) is 6.46. The maximum Gasteiger partial charge on any atom is 0.220 e. The molecule has 2 heterocycles. The third-order valence-electron chi connectivity index (χ3n) is 5.63. The number of aromatic nitrogens is 1. The van der Waals surface area contributed by atoms with Gasteiger partial charge >= 0.3 is 0 Å². The third-order valence-corrected chi connectivity index (χ3v) is 8.24. The molecular weight excluding hydrogens is 399 g/mol. The SMILES string of the molecule is COc1cc(C(CNc2ccc(C)nc2C)P2(=O)NCC(C)(C)CN2)cc(C)c1O. The number of phenolic OH excluding ortho intramolecular Hbond substituents is 1. The van der Waals surface area contributed by atoms with E-state index in [-0.39, 0.29) is 16.8 Å². The van der Waals surface area contributed by atoms with E-state index in [0.717, 1.165) is 22.6 Å². The van der Waals surface area contributed by atoms with Crippen molar-refractivity contribution in [3.63, 3.8) is 0 Å². The molecule has 1 unspecified atom stereocenters. The Morgan fingerprint density at radius 3 is 2.50 bits per heavy atom. The Morgan fingerprint density at radius 2 is 1.90 bits per heavy atom. The maximum absolute atomic E-state index is 14.0. The molecule has 1 aliphatic rings. The highest BCUT2D eigenvalue weighted by Crippen LogP contribution is 2.55. The molecule has 0 bridgehead atoms. The maximum atomic E-state index is 14.0. The molecule has 7 nitrogen and oxygen atoms in total. The van der Waals surface area contributed by atoms with Gasteiger partial charge in [0.05, 0.1) is 24.2 Å². The molecule has 0 spiro atoms. The Hall–Kier alpha value is -2.08. The van der Waals surface area contributed by atoms with E-state index in [1.807, 2.05) is 39.0 Å². The first-order chi connectivity index (χ1) is 14.0. The zero-order valence-electron chi connectivity index (χ0n) is 18.7. The van der Waals surface area contributed by atoms with Gasteiger partial charge in [0.1, 0.15) is 0 Å². The van der Waals surface area contributed by atoms with E-state index in [2.05, 4.69) is 34.3 Å². The summed E-state index contributed by atoms with van der Waals surface area (Å²) in [6, 6.07) is 7.61. The van der Waals surface area contributed by atoms with Gasteiger partial charge in [-0.25, -0.2) is 0 Å². The number of aromatic hydroxyl groups is 1. The van der Waals surface area contributed by atoms with E-state index < -0.39 is 7.44 Å². The summed E-state index contributed by atoms with van der Waals surface area (Å²) in [5.74, 6) is 0.489. The third kappa shape index (κ3) is 4.80. The number of benzene rings is 1. The van der Waals surface area contributed by atoms with E-state index in [0.29, 0.717) is 30.9 Å². The van der Waals surface area contributed by atoms with Crippen LogP contribution in [0, 0.1) is 26.2 Å². The zero-order chi connectivity index (χ0) is 22.1. The summed E-state index contributed by atoms with van der Waals surface area (Å²) in [7, 11) is -1.45. The number of nitrogens with zero attached hydrogens (tertiary/aromatic N) is 1. The van der Waals surface area contributed by atoms with Crippen LogP contribution in [0.5, 0.6) is 11.5 Å². The molecular formula is C22H33N4O3P. The van der Waals surface area contributed by atoms with Gasteiger partial charge in [0.25, 0.3) is 0 Å². The lowest BCUT2D eigenvalue weighted by atomic mass is 9.94.